The summed E-state index contributed by atoms with van der Waals surface area (Å²) in [6.07, 6.45) is 1.71. The number of rotatable bonds is 1. The third kappa shape index (κ3) is 1.91. The largest absolute Gasteiger partial charge is 0.441 e. The lowest BCUT2D eigenvalue weighted by Crippen LogP contribution is -1.79. The second kappa shape index (κ2) is 3.87. The van der Waals surface area contributed by atoms with Crippen LogP contribution >= 0.6 is 31.9 Å². The van der Waals surface area contributed by atoms with Crippen LogP contribution in [0.25, 0.3) is 11.5 Å². The molecule has 2 rings (SSSR count). The average Bonchev–Trinajstić information content (AvgIpc) is 2.51. The highest BCUT2D eigenvalue weighted by Crippen LogP contribution is 2.30. The molecule has 0 N–H and O–H groups in total. The summed E-state index contributed by atoms with van der Waals surface area (Å²) in [5.41, 5.74) is 0.960. The van der Waals surface area contributed by atoms with Crippen LogP contribution in [0.3, 0.4) is 0 Å². The minimum atomic E-state index is 0.641. The molecule has 0 aliphatic rings. The fourth-order valence-electron chi connectivity index (χ4n) is 1.14. The molecule has 0 saturated heterocycles. The molecule has 0 aliphatic heterocycles. The van der Waals surface area contributed by atoms with E-state index in [2.05, 4.69) is 36.8 Å². The number of hydrogen-bond acceptors (Lipinski definition) is 2. The highest BCUT2D eigenvalue weighted by Gasteiger charge is 2.08. The molecule has 2 nitrogen and oxygen atoms in total. The van der Waals surface area contributed by atoms with Crippen LogP contribution in [-0.2, 0) is 0 Å². The van der Waals surface area contributed by atoms with Crippen molar-refractivity contribution in [2.45, 2.75) is 6.92 Å². The van der Waals surface area contributed by atoms with Gasteiger partial charge in [0.15, 0.2) is 0 Å². The molecular weight excluding hydrogens is 310 g/mol. The summed E-state index contributed by atoms with van der Waals surface area (Å²) >= 11 is 6.86. The predicted octanol–water partition coefficient (Wildman–Crippen LogP) is 4.18. The minimum Gasteiger partial charge on any atom is -0.441 e. The Morgan fingerprint density at radius 2 is 2.07 bits per heavy atom. The predicted molar refractivity (Wildman–Crippen MR) is 62.1 cm³/mol. The molecule has 2 aromatic rings. The van der Waals surface area contributed by atoms with Gasteiger partial charge in [0.05, 0.1) is 11.8 Å². The summed E-state index contributed by atoms with van der Waals surface area (Å²) in [5, 5.41) is 0. The maximum atomic E-state index is 5.43. The zero-order valence-corrected chi connectivity index (χ0v) is 10.6. The van der Waals surface area contributed by atoms with Gasteiger partial charge in [-0.15, -0.1) is 0 Å². The van der Waals surface area contributed by atoms with Crippen molar-refractivity contribution in [3.05, 3.63) is 39.1 Å². The maximum absolute atomic E-state index is 5.43. The molecule has 0 atom stereocenters. The number of nitrogens with zero attached hydrogens (tertiary/aromatic N) is 1. The third-order valence-electron chi connectivity index (χ3n) is 1.78. The Kier molecular flexibility index (Phi) is 2.74. The second-order valence-electron chi connectivity index (χ2n) is 2.90. The van der Waals surface area contributed by atoms with E-state index in [1.807, 2.05) is 25.1 Å². The molecule has 0 radical (unpaired) electrons. The van der Waals surface area contributed by atoms with Crippen molar-refractivity contribution in [3.8, 4) is 11.5 Å². The Morgan fingerprint density at radius 3 is 2.64 bits per heavy atom. The SMILES string of the molecule is Cc1cnc(-c2ccc(Br)cc2Br)o1. The van der Waals surface area contributed by atoms with Crippen molar-refractivity contribution in [2.75, 3.05) is 0 Å². The lowest BCUT2D eigenvalue weighted by atomic mass is 10.2. The van der Waals surface area contributed by atoms with Crippen LogP contribution in [0.4, 0.5) is 0 Å². The summed E-state index contributed by atoms with van der Waals surface area (Å²) in [7, 11) is 0. The van der Waals surface area contributed by atoms with Crippen molar-refractivity contribution in [1.29, 1.82) is 0 Å². The van der Waals surface area contributed by atoms with Gasteiger partial charge in [0.2, 0.25) is 5.89 Å². The summed E-state index contributed by atoms with van der Waals surface area (Å²) in [6, 6.07) is 5.88. The van der Waals surface area contributed by atoms with E-state index in [1.54, 1.807) is 6.20 Å². The molecule has 1 aromatic heterocycles. The van der Waals surface area contributed by atoms with E-state index < -0.39 is 0 Å². The lowest BCUT2D eigenvalue weighted by molar-refractivity contribution is 0.542. The van der Waals surface area contributed by atoms with E-state index in [0.29, 0.717) is 5.89 Å². The molecule has 1 aromatic carbocycles. The van der Waals surface area contributed by atoms with Gasteiger partial charge in [-0.1, -0.05) is 15.9 Å². The topological polar surface area (TPSA) is 26.0 Å². The van der Waals surface area contributed by atoms with Gasteiger partial charge in [-0.3, -0.25) is 0 Å². The van der Waals surface area contributed by atoms with Crippen molar-refractivity contribution in [2.24, 2.45) is 0 Å². The van der Waals surface area contributed by atoms with Gasteiger partial charge in [0.1, 0.15) is 5.76 Å². The first-order chi connectivity index (χ1) is 6.66. The highest BCUT2D eigenvalue weighted by atomic mass is 79.9. The standard InChI is InChI=1S/C10H7Br2NO/c1-6-5-13-10(14-6)8-3-2-7(11)4-9(8)12/h2-5H,1H3. The first-order valence-electron chi connectivity index (χ1n) is 4.04. The smallest absolute Gasteiger partial charge is 0.227 e. The molecule has 72 valence electrons. The van der Waals surface area contributed by atoms with E-state index in [-0.39, 0.29) is 0 Å². The van der Waals surface area contributed by atoms with Gasteiger partial charge < -0.3 is 4.42 Å². The number of aromatic nitrogens is 1. The maximum Gasteiger partial charge on any atom is 0.227 e. The number of hydrogen-bond donors (Lipinski definition) is 0. The normalized spacial score (nSPS) is 10.5. The molecule has 0 fully saturated rings. The minimum absolute atomic E-state index is 0.641. The zero-order chi connectivity index (χ0) is 10.1. The molecule has 0 unspecified atom stereocenters. The zero-order valence-electron chi connectivity index (χ0n) is 7.42. The third-order valence-corrected chi connectivity index (χ3v) is 2.93. The molecule has 14 heavy (non-hydrogen) atoms. The molecule has 0 spiro atoms. The fraction of sp³-hybridized carbons (Fsp3) is 0.100. The van der Waals surface area contributed by atoms with Gasteiger partial charge in [-0.25, -0.2) is 4.98 Å². The Hall–Kier alpha value is -0.610. The van der Waals surface area contributed by atoms with E-state index in [0.717, 1.165) is 20.3 Å². The van der Waals surface area contributed by atoms with Gasteiger partial charge in [-0.05, 0) is 41.1 Å². The van der Waals surface area contributed by atoms with Crippen molar-refractivity contribution in [3.63, 3.8) is 0 Å². The van der Waals surface area contributed by atoms with E-state index in [1.165, 1.54) is 0 Å². The van der Waals surface area contributed by atoms with Crippen LogP contribution in [0, 0.1) is 6.92 Å². The van der Waals surface area contributed by atoms with Gasteiger partial charge in [0, 0.05) is 8.95 Å². The quantitative estimate of drug-likeness (QED) is 0.789. The molecule has 4 heteroatoms. The highest BCUT2D eigenvalue weighted by molar-refractivity contribution is 9.11. The monoisotopic (exact) mass is 315 g/mol. The average molecular weight is 317 g/mol. The number of aryl methyl sites for hydroxylation is 1. The Balaban J connectivity index is 2.52. The van der Waals surface area contributed by atoms with Crippen LogP contribution in [-0.4, -0.2) is 4.98 Å². The second-order valence-corrected chi connectivity index (χ2v) is 4.67. The summed E-state index contributed by atoms with van der Waals surface area (Å²) < 4.78 is 7.42. The lowest BCUT2D eigenvalue weighted by Gasteiger charge is -1.99. The number of halogens is 2. The Labute approximate surface area is 98.6 Å². The van der Waals surface area contributed by atoms with Crippen LogP contribution < -0.4 is 0 Å². The molecular formula is C10H7Br2NO. The Bertz CT molecular complexity index is 465. The first kappa shape index (κ1) is 9.93. The van der Waals surface area contributed by atoms with Gasteiger partial charge >= 0.3 is 0 Å². The van der Waals surface area contributed by atoms with Gasteiger partial charge in [0.25, 0.3) is 0 Å². The Morgan fingerprint density at radius 1 is 1.29 bits per heavy atom. The van der Waals surface area contributed by atoms with Crippen LogP contribution in [0.1, 0.15) is 5.76 Å². The number of oxazole rings is 1. The van der Waals surface area contributed by atoms with Crippen molar-refractivity contribution in [1.82, 2.24) is 4.98 Å². The van der Waals surface area contributed by atoms with Crippen molar-refractivity contribution < 1.29 is 4.42 Å². The van der Waals surface area contributed by atoms with E-state index in [4.69, 9.17) is 4.42 Å². The fourth-order valence-corrected chi connectivity index (χ4v) is 2.36. The molecule has 0 aliphatic carbocycles. The first-order valence-corrected chi connectivity index (χ1v) is 5.63. The van der Waals surface area contributed by atoms with E-state index in [9.17, 15) is 0 Å². The van der Waals surface area contributed by atoms with Crippen LogP contribution in [0.2, 0.25) is 0 Å². The summed E-state index contributed by atoms with van der Waals surface area (Å²) in [5.74, 6) is 1.46. The molecule has 0 saturated carbocycles. The van der Waals surface area contributed by atoms with E-state index >= 15 is 0 Å². The van der Waals surface area contributed by atoms with Gasteiger partial charge in [-0.2, -0.15) is 0 Å². The van der Waals surface area contributed by atoms with Crippen LogP contribution in [0.15, 0.2) is 37.8 Å². The summed E-state index contributed by atoms with van der Waals surface area (Å²) in [6.45, 7) is 1.88. The van der Waals surface area contributed by atoms with Crippen LogP contribution in [0.5, 0.6) is 0 Å². The van der Waals surface area contributed by atoms with Crippen molar-refractivity contribution >= 4 is 31.9 Å². The number of benzene rings is 1. The molecule has 1 heterocycles. The molecule has 0 bridgehead atoms. The summed E-state index contributed by atoms with van der Waals surface area (Å²) in [4.78, 5) is 4.16. The molecule has 0 amide bonds.